The van der Waals surface area contributed by atoms with Gasteiger partial charge in [0, 0.05) is 28.7 Å². The van der Waals surface area contributed by atoms with Gasteiger partial charge >= 0.3 is 12.1 Å². The summed E-state index contributed by atoms with van der Waals surface area (Å²) in [7, 11) is 0. The van der Waals surface area contributed by atoms with Crippen LogP contribution in [0, 0.1) is 0 Å². The molecule has 0 fully saturated rings. The van der Waals surface area contributed by atoms with Gasteiger partial charge in [-0.25, -0.2) is 0 Å². The Morgan fingerprint density at radius 1 is 0.969 bits per heavy atom. The Morgan fingerprint density at radius 3 is 2.44 bits per heavy atom. The zero-order chi connectivity index (χ0) is 22.6. The highest BCUT2D eigenvalue weighted by atomic mass is 19.4. The number of alkyl halides is 3. The average molecular weight is 439 g/mol. The molecule has 0 saturated carbocycles. The van der Waals surface area contributed by atoms with E-state index in [1.807, 2.05) is 24.3 Å². The van der Waals surface area contributed by atoms with Crippen molar-refractivity contribution in [2.24, 2.45) is 0 Å². The summed E-state index contributed by atoms with van der Waals surface area (Å²) in [4.78, 5) is 20.0. The first-order valence-corrected chi connectivity index (χ1v) is 9.45. The van der Waals surface area contributed by atoms with Crippen LogP contribution in [0.15, 0.2) is 77.4 Å². The molecule has 2 aromatic carbocycles. The minimum Gasteiger partial charge on any atom is -0.379 e. The molecule has 2 aromatic heterocycles. The zero-order valence-corrected chi connectivity index (χ0v) is 16.4. The van der Waals surface area contributed by atoms with E-state index in [1.54, 1.807) is 42.5 Å². The molecule has 0 saturated heterocycles. The molecule has 0 bridgehead atoms. The van der Waals surface area contributed by atoms with E-state index < -0.39 is 12.1 Å². The van der Waals surface area contributed by atoms with Gasteiger partial charge in [0.05, 0.1) is 12.2 Å². The second-order valence-corrected chi connectivity index (χ2v) is 6.71. The maximum Gasteiger partial charge on any atom is 0.471 e. The third-order valence-corrected chi connectivity index (χ3v) is 4.38. The van der Waals surface area contributed by atoms with E-state index in [0.717, 1.165) is 0 Å². The molecule has 10 heteroatoms. The van der Waals surface area contributed by atoms with Crippen molar-refractivity contribution in [1.29, 1.82) is 0 Å². The van der Waals surface area contributed by atoms with Crippen molar-refractivity contribution in [2.45, 2.75) is 12.7 Å². The van der Waals surface area contributed by atoms with Gasteiger partial charge in [0.15, 0.2) is 0 Å². The number of carbonyl (C=O) groups excluding carboxylic acids is 1. The molecule has 0 unspecified atom stereocenters. The summed E-state index contributed by atoms with van der Waals surface area (Å²) in [5.41, 5.74) is 2.83. The number of carbonyl (C=O) groups is 1. The lowest BCUT2D eigenvalue weighted by atomic mass is 10.1. The summed E-state index contributed by atoms with van der Waals surface area (Å²) < 4.78 is 42.0. The van der Waals surface area contributed by atoms with Gasteiger partial charge in [-0.3, -0.25) is 9.78 Å². The topological polar surface area (TPSA) is 92.9 Å². The molecule has 0 aliphatic heterocycles. The largest absolute Gasteiger partial charge is 0.471 e. The summed E-state index contributed by atoms with van der Waals surface area (Å²) in [6.45, 7) is 0.337. The Morgan fingerprint density at radius 2 is 1.75 bits per heavy atom. The van der Waals surface area contributed by atoms with Crippen molar-refractivity contribution in [3.05, 3.63) is 90.1 Å². The molecule has 32 heavy (non-hydrogen) atoms. The minimum absolute atomic E-state index is 0.193. The second kappa shape index (κ2) is 8.88. The first-order valence-electron chi connectivity index (χ1n) is 9.45. The van der Waals surface area contributed by atoms with Crippen molar-refractivity contribution in [3.63, 3.8) is 0 Å². The van der Waals surface area contributed by atoms with Gasteiger partial charge in [-0.05, 0) is 42.5 Å². The van der Waals surface area contributed by atoms with Gasteiger partial charge in [-0.15, -0.1) is 0 Å². The van der Waals surface area contributed by atoms with E-state index in [-0.39, 0.29) is 11.7 Å². The summed E-state index contributed by atoms with van der Waals surface area (Å²) in [5.74, 6) is -1.84. The van der Waals surface area contributed by atoms with Gasteiger partial charge < -0.3 is 15.2 Å². The maximum absolute atomic E-state index is 12.6. The van der Waals surface area contributed by atoms with E-state index in [0.29, 0.717) is 34.7 Å². The first kappa shape index (κ1) is 21.0. The SMILES string of the molecule is O=C(Nc1ccccc1)c1cccc(NCc2ccc(-c3noc(C(F)(F)F)n3)cn2)c1. The van der Waals surface area contributed by atoms with Crippen LogP contribution in [-0.4, -0.2) is 21.0 Å². The fraction of sp³-hybridized carbons (Fsp3) is 0.0909. The number of benzene rings is 2. The molecule has 0 atom stereocenters. The lowest BCUT2D eigenvalue weighted by molar-refractivity contribution is -0.159. The highest BCUT2D eigenvalue weighted by molar-refractivity contribution is 6.04. The Labute approximate surface area is 180 Å². The number of nitrogens with zero attached hydrogens (tertiary/aromatic N) is 3. The average Bonchev–Trinajstić information content (AvgIpc) is 3.30. The van der Waals surface area contributed by atoms with Gasteiger partial charge in [-0.2, -0.15) is 18.2 Å². The zero-order valence-electron chi connectivity index (χ0n) is 16.4. The van der Waals surface area contributed by atoms with E-state index in [1.165, 1.54) is 6.20 Å². The van der Waals surface area contributed by atoms with Crippen LogP contribution in [0.2, 0.25) is 0 Å². The predicted octanol–water partition coefficient (Wildman–Crippen LogP) is 5.01. The van der Waals surface area contributed by atoms with E-state index in [2.05, 4.69) is 30.3 Å². The second-order valence-electron chi connectivity index (χ2n) is 6.71. The Balaban J connectivity index is 1.38. The van der Waals surface area contributed by atoms with E-state index >= 15 is 0 Å². The molecule has 0 aliphatic rings. The van der Waals surface area contributed by atoms with Crippen molar-refractivity contribution < 1.29 is 22.5 Å². The van der Waals surface area contributed by atoms with Crippen LogP contribution in [-0.2, 0) is 12.7 Å². The van der Waals surface area contributed by atoms with Gasteiger partial charge in [0.1, 0.15) is 0 Å². The molecule has 4 aromatic rings. The number of hydrogen-bond acceptors (Lipinski definition) is 6. The number of aromatic nitrogens is 3. The van der Waals surface area contributed by atoms with Gasteiger partial charge in [0.25, 0.3) is 5.91 Å². The summed E-state index contributed by atoms with van der Waals surface area (Å²) in [6.07, 6.45) is -3.33. The predicted molar refractivity (Wildman–Crippen MR) is 111 cm³/mol. The minimum atomic E-state index is -4.70. The van der Waals surface area contributed by atoms with Crippen LogP contribution in [0.1, 0.15) is 21.9 Å². The molecule has 0 aliphatic carbocycles. The third kappa shape index (κ3) is 5.09. The van der Waals surface area contributed by atoms with Crippen LogP contribution in [0.5, 0.6) is 0 Å². The fourth-order valence-corrected chi connectivity index (χ4v) is 2.80. The monoisotopic (exact) mass is 439 g/mol. The number of anilines is 2. The van der Waals surface area contributed by atoms with Gasteiger partial charge in [-0.1, -0.05) is 29.4 Å². The maximum atomic E-state index is 12.6. The fourth-order valence-electron chi connectivity index (χ4n) is 2.80. The smallest absolute Gasteiger partial charge is 0.379 e. The Bertz CT molecular complexity index is 1210. The first-order chi connectivity index (χ1) is 15.4. The summed E-state index contributed by atoms with van der Waals surface area (Å²) in [5, 5.41) is 9.32. The molecule has 7 nitrogen and oxygen atoms in total. The number of nitrogens with one attached hydrogen (secondary N) is 2. The summed E-state index contributed by atoms with van der Waals surface area (Å²) >= 11 is 0. The van der Waals surface area contributed by atoms with Crippen LogP contribution >= 0.6 is 0 Å². The number of hydrogen-bond donors (Lipinski definition) is 2. The molecule has 2 N–H and O–H groups in total. The highest BCUT2D eigenvalue weighted by Gasteiger charge is 2.38. The molecule has 2 heterocycles. The van der Waals surface area contributed by atoms with Crippen molar-refractivity contribution in [1.82, 2.24) is 15.1 Å². The van der Waals surface area contributed by atoms with Crippen molar-refractivity contribution >= 4 is 17.3 Å². The number of amides is 1. The molecular weight excluding hydrogens is 423 g/mol. The molecule has 4 rings (SSSR count). The number of para-hydroxylation sites is 1. The standard InChI is InChI=1S/C22H16F3N5O2/c23-22(24,25)21-29-19(30-32-21)15-9-10-18(26-12-15)13-27-17-8-4-5-14(11-17)20(31)28-16-6-2-1-3-7-16/h1-12,27H,13H2,(H,28,31). The van der Waals surface area contributed by atoms with E-state index in [4.69, 9.17) is 0 Å². The summed E-state index contributed by atoms with van der Waals surface area (Å²) in [6, 6.07) is 19.3. The number of halogens is 3. The molecule has 0 radical (unpaired) electrons. The quantitative estimate of drug-likeness (QED) is 0.439. The molecular formula is C22H16F3N5O2. The van der Waals surface area contributed by atoms with Crippen LogP contribution in [0.4, 0.5) is 24.5 Å². The number of pyridine rings is 1. The Hall–Kier alpha value is -4.21. The van der Waals surface area contributed by atoms with Crippen LogP contribution in [0.25, 0.3) is 11.4 Å². The van der Waals surface area contributed by atoms with Crippen LogP contribution < -0.4 is 10.6 Å². The van der Waals surface area contributed by atoms with E-state index in [9.17, 15) is 18.0 Å². The normalized spacial score (nSPS) is 11.2. The molecule has 0 spiro atoms. The van der Waals surface area contributed by atoms with Crippen molar-refractivity contribution in [2.75, 3.05) is 10.6 Å². The third-order valence-electron chi connectivity index (χ3n) is 4.38. The van der Waals surface area contributed by atoms with Gasteiger partial charge in [0.2, 0.25) is 5.82 Å². The lowest BCUT2D eigenvalue weighted by Gasteiger charge is -2.09. The lowest BCUT2D eigenvalue weighted by Crippen LogP contribution is -2.12. The molecule has 162 valence electrons. The highest BCUT2D eigenvalue weighted by Crippen LogP contribution is 2.29. The van der Waals surface area contributed by atoms with Crippen LogP contribution in [0.3, 0.4) is 0 Å². The Kier molecular flexibility index (Phi) is 5.84. The molecule has 1 amide bonds. The number of rotatable bonds is 6. The van der Waals surface area contributed by atoms with Crippen molar-refractivity contribution in [3.8, 4) is 11.4 Å².